The minimum atomic E-state index is -4.77. The number of ether oxygens (including phenoxy) is 4. The van der Waals surface area contributed by atoms with E-state index in [-0.39, 0.29) is 24.8 Å². The van der Waals surface area contributed by atoms with E-state index in [1.807, 2.05) is 0 Å². The maximum absolute atomic E-state index is 13.3. The number of methoxy groups -OCH3 is 2. The van der Waals surface area contributed by atoms with Crippen molar-refractivity contribution in [2.45, 2.75) is 12.9 Å². The Morgan fingerprint density at radius 3 is 2.24 bits per heavy atom. The van der Waals surface area contributed by atoms with Crippen LogP contribution in [0, 0.1) is 0 Å². The second kappa shape index (κ2) is 9.46. The number of hydrogen-bond donors (Lipinski definition) is 0. The molecular formula is C23H20F3N3O5. The number of benzene rings is 2. The van der Waals surface area contributed by atoms with E-state index < -0.39 is 6.36 Å². The molecule has 0 saturated heterocycles. The van der Waals surface area contributed by atoms with Crippen LogP contribution in [0.2, 0.25) is 0 Å². The number of hydrogen-bond acceptors (Lipinski definition) is 7. The molecule has 0 bridgehead atoms. The monoisotopic (exact) mass is 475 g/mol. The van der Waals surface area contributed by atoms with Crippen LogP contribution in [0.1, 0.15) is 16.2 Å². The molecule has 1 aliphatic rings. The number of aromatic nitrogens is 2. The van der Waals surface area contributed by atoms with Gasteiger partial charge in [0, 0.05) is 0 Å². The largest absolute Gasteiger partial charge is 0.573 e. The first kappa shape index (κ1) is 23.1. The number of rotatable bonds is 6. The number of amides is 1. The highest BCUT2D eigenvalue weighted by Crippen LogP contribution is 2.31. The summed E-state index contributed by atoms with van der Waals surface area (Å²) in [5.74, 6) is 0.742. The zero-order chi connectivity index (χ0) is 24.3. The fourth-order valence-corrected chi connectivity index (χ4v) is 3.44. The van der Waals surface area contributed by atoms with Gasteiger partial charge >= 0.3 is 6.36 Å². The number of nitrogens with zero attached hydrogens (tertiary/aromatic N) is 3. The second-order valence-corrected chi connectivity index (χ2v) is 7.23. The van der Waals surface area contributed by atoms with Gasteiger partial charge in [-0.2, -0.15) is 9.97 Å². The molecular weight excluding hydrogens is 455 g/mol. The first-order valence-electron chi connectivity index (χ1n) is 10.1. The van der Waals surface area contributed by atoms with E-state index >= 15 is 0 Å². The van der Waals surface area contributed by atoms with Crippen molar-refractivity contribution >= 4 is 5.91 Å². The van der Waals surface area contributed by atoms with Crippen molar-refractivity contribution in [2.75, 3.05) is 27.4 Å². The summed E-state index contributed by atoms with van der Waals surface area (Å²) in [5.41, 5.74) is 1.57. The molecule has 0 fully saturated rings. The third kappa shape index (κ3) is 5.30. The molecule has 0 N–H and O–H groups in total. The van der Waals surface area contributed by atoms with E-state index in [1.54, 1.807) is 23.1 Å². The molecule has 178 valence electrons. The van der Waals surface area contributed by atoms with Crippen molar-refractivity contribution in [1.29, 1.82) is 0 Å². The lowest BCUT2D eigenvalue weighted by atomic mass is 10.0. The summed E-state index contributed by atoms with van der Waals surface area (Å²) in [4.78, 5) is 23.4. The van der Waals surface area contributed by atoms with E-state index in [2.05, 4.69) is 14.7 Å². The van der Waals surface area contributed by atoms with Gasteiger partial charge < -0.3 is 23.8 Å². The Bertz CT molecular complexity index is 1160. The van der Waals surface area contributed by atoms with Crippen LogP contribution >= 0.6 is 0 Å². The number of carbonyl (C=O) groups excluding carboxylic acids is 1. The molecule has 0 radical (unpaired) electrons. The predicted molar refractivity (Wildman–Crippen MR) is 114 cm³/mol. The van der Waals surface area contributed by atoms with Crippen LogP contribution in [0.5, 0.6) is 23.3 Å². The number of carbonyl (C=O) groups is 1. The average molecular weight is 475 g/mol. The van der Waals surface area contributed by atoms with Crippen molar-refractivity contribution < 1.29 is 36.9 Å². The molecule has 2 aromatic carbocycles. The SMILES string of the molecule is COc1cc(OC)nc(CN2CCOc3ccc(-c4ccc(OC(F)(F)F)cc4)cc3C2=O)n1. The standard InChI is InChI=1S/C23H20F3N3O5/c1-31-20-12-21(32-2)28-19(27-20)13-29-9-10-33-18-8-5-15(11-17(18)22(29)30)14-3-6-16(7-4-14)34-23(24,25)26/h3-8,11-12H,9-10,13H2,1-2H3. The van der Waals surface area contributed by atoms with Gasteiger partial charge in [0.15, 0.2) is 5.82 Å². The molecule has 0 aliphatic carbocycles. The lowest BCUT2D eigenvalue weighted by Crippen LogP contribution is -2.32. The van der Waals surface area contributed by atoms with Crippen LogP contribution in [0.4, 0.5) is 13.2 Å². The molecule has 0 unspecified atom stereocenters. The van der Waals surface area contributed by atoms with Crippen molar-refractivity contribution in [2.24, 2.45) is 0 Å². The summed E-state index contributed by atoms with van der Waals surface area (Å²) in [6.07, 6.45) is -4.77. The third-order valence-electron chi connectivity index (χ3n) is 5.01. The van der Waals surface area contributed by atoms with E-state index in [1.165, 1.54) is 44.6 Å². The Morgan fingerprint density at radius 2 is 1.62 bits per heavy atom. The van der Waals surface area contributed by atoms with Crippen LogP contribution < -0.4 is 18.9 Å². The van der Waals surface area contributed by atoms with Gasteiger partial charge in [-0.15, -0.1) is 13.2 Å². The van der Waals surface area contributed by atoms with Gasteiger partial charge in [0.25, 0.3) is 5.91 Å². The van der Waals surface area contributed by atoms with Crippen molar-refractivity contribution in [3.63, 3.8) is 0 Å². The molecule has 2 heterocycles. The van der Waals surface area contributed by atoms with Gasteiger partial charge in [-0.05, 0) is 35.4 Å². The maximum Gasteiger partial charge on any atom is 0.573 e. The van der Waals surface area contributed by atoms with E-state index in [9.17, 15) is 18.0 Å². The molecule has 8 nitrogen and oxygen atoms in total. The number of alkyl halides is 3. The fraction of sp³-hybridized carbons (Fsp3) is 0.261. The molecule has 1 amide bonds. The highest BCUT2D eigenvalue weighted by Gasteiger charge is 2.31. The minimum Gasteiger partial charge on any atom is -0.491 e. The molecule has 1 aliphatic heterocycles. The Labute approximate surface area is 192 Å². The zero-order valence-electron chi connectivity index (χ0n) is 18.3. The molecule has 0 atom stereocenters. The van der Waals surface area contributed by atoms with Crippen LogP contribution in [-0.2, 0) is 6.54 Å². The number of halogens is 3. The van der Waals surface area contributed by atoms with E-state index in [0.29, 0.717) is 46.6 Å². The van der Waals surface area contributed by atoms with E-state index in [0.717, 1.165) is 0 Å². The smallest absolute Gasteiger partial charge is 0.491 e. The third-order valence-corrected chi connectivity index (χ3v) is 5.01. The summed E-state index contributed by atoms with van der Waals surface area (Å²) < 4.78 is 57.2. The Hall–Kier alpha value is -4.02. The molecule has 11 heteroatoms. The average Bonchev–Trinajstić information content (AvgIpc) is 2.96. The van der Waals surface area contributed by atoms with Gasteiger partial charge in [-0.25, -0.2) is 0 Å². The quantitative estimate of drug-likeness (QED) is 0.531. The minimum absolute atomic E-state index is 0.100. The van der Waals surface area contributed by atoms with Crippen LogP contribution in [0.3, 0.4) is 0 Å². The van der Waals surface area contributed by atoms with Gasteiger partial charge in [-0.1, -0.05) is 18.2 Å². The summed E-state index contributed by atoms with van der Waals surface area (Å²) in [5, 5.41) is 0. The topological polar surface area (TPSA) is 83.0 Å². The summed E-state index contributed by atoms with van der Waals surface area (Å²) in [6.45, 7) is 0.667. The first-order chi connectivity index (χ1) is 16.3. The van der Waals surface area contributed by atoms with Gasteiger partial charge in [-0.3, -0.25) is 4.79 Å². The molecule has 34 heavy (non-hydrogen) atoms. The van der Waals surface area contributed by atoms with Gasteiger partial charge in [0.2, 0.25) is 11.8 Å². The number of fused-ring (bicyclic) bond motifs is 1. The Kier molecular flexibility index (Phi) is 6.44. The van der Waals surface area contributed by atoms with Gasteiger partial charge in [0.05, 0.1) is 38.9 Å². The van der Waals surface area contributed by atoms with Crippen LogP contribution in [-0.4, -0.2) is 54.5 Å². The second-order valence-electron chi connectivity index (χ2n) is 7.23. The fourth-order valence-electron chi connectivity index (χ4n) is 3.44. The lowest BCUT2D eigenvalue weighted by Gasteiger charge is -2.19. The molecule has 1 aromatic heterocycles. The highest BCUT2D eigenvalue weighted by atomic mass is 19.4. The molecule has 3 aromatic rings. The molecule has 0 spiro atoms. The summed E-state index contributed by atoms with van der Waals surface area (Å²) in [6, 6.07) is 12.0. The van der Waals surface area contributed by atoms with Crippen molar-refractivity contribution in [3.8, 4) is 34.4 Å². The van der Waals surface area contributed by atoms with Crippen molar-refractivity contribution in [3.05, 3.63) is 59.9 Å². The van der Waals surface area contributed by atoms with Crippen LogP contribution in [0.15, 0.2) is 48.5 Å². The predicted octanol–water partition coefficient (Wildman–Crippen LogP) is 4.09. The van der Waals surface area contributed by atoms with Gasteiger partial charge in [0.1, 0.15) is 18.1 Å². The molecule has 0 saturated carbocycles. The highest BCUT2D eigenvalue weighted by molar-refractivity contribution is 5.98. The Morgan fingerprint density at radius 1 is 0.971 bits per heavy atom. The lowest BCUT2D eigenvalue weighted by molar-refractivity contribution is -0.274. The van der Waals surface area contributed by atoms with Crippen LogP contribution in [0.25, 0.3) is 11.1 Å². The normalized spacial score (nSPS) is 13.6. The Balaban J connectivity index is 1.59. The zero-order valence-corrected chi connectivity index (χ0v) is 18.3. The first-order valence-corrected chi connectivity index (χ1v) is 10.1. The maximum atomic E-state index is 13.3. The summed E-state index contributed by atoms with van der Waals surface area (Å²) in [7, 11) is 2.94. The molecule has 4 rings (SSSR count). The van der Waals surface area contributed by atoms with E-state index in [4.69, 9.17) is 14.2 Å². The summed E-state index contributed by atoms with van der Waals surface area (Å²) >= 11 is 0. The van der Waals surface area contributed by atoms with Crippen molar-refractivity contribution in [1.82, 2.24) is 14.9 Å².